The zero-order chi connectivity index (χ0) is 15.0. The van der Waals surface area contributed by atoms with Crippen molar-refractivity contribution in [3.8, 4) is 0 Å². The topological polar surface area (TPSA) is 77.2 Å². The van der Waals surface area contributed by atoms with E-state index in [1.807, 2.05) is 35.8 Å². The third-order valence-corrected chi connectivity index (χ3v) is 3.62. The number of hydrogen-bond donors (Lipinski definition) is 1. The molecule has 1 N–H and O–H groups in total. The molecule has 21 heavy (non-hydrogen) atoms. The number of carbonyl (C=O) groups is 1. The van der Waals surface area contributed by atoms with Gasteiger partial charge in [0.1, 0.15) is 5.69 Å². The van der Waals surface area contributed by atoms with E-state index in [0.29, 0.717) is 18.3 Å². The molecule has 0 atom stereocenters. The highest BCUT2D eigenvalue weighted by molar-refractivity contribution is 6.15. The molecule has 106 valence electrons. The third kappa shape index (κ3) is 1.84. The van der Waals surface area contributed by atoms with Crippen LogP contribution in [-0.2, 0) is 11.3 Å². The number of aromatic nitrogens is 1. The Morgan fingerprint density at radius 1 is 1.24 bits per heavy atom. The number of aryl methyl sites for hydroxylation is 1. The first kappa shape index (κ1) is 13.1. The molecule has 0 spiro atoms. The minimum absolute atomic E-state index is 0.0667. The van der Waals surface area contributed by atoms with Crippen molar-refractivity contribution in [1.82, 2.24) is 4.57 Å². The Balaban J connectivity index is 2.55. The van der Waals surface area contributed by atoms with Crippen molar-refractivity contribution in [3.05, 3.63) is 46.5 Å². The zero-order valence-electron chi connectivity index (χ0n) is 11.4. The number of para-hydroxylation sites is 1. The first-order valence-electron chi connectivity index (χ1n) is 6.57. The quantitative estimate of drug-likeness (QED) is 0.453. The van der Waals surface area contributed by atoms with Gasteiger partial charge in [-0.3, -0.25) is 14.9 Å². The summed E-state index contributed by atoms with van der Waals surface area (Å²) < 4.78 is 2.03. The van der Waals surface area contributed by atoms with E-state index in [4.69, 9.17) is 0 Å². The summed E-state index contributed by atoms with van der Waals surface area (Å²) in [6, 6.07) is 10.9. The van der Waals surface area contributed by atoms with Crippen LogP contribution in [0.3, 0.4) is 0 Å². The van der Waals surface area contributed by atoms with Crippen molar-refractivity contribution in [2.75, 3.05) is 5.32 Å². The highest BCUT2D eigenvalue weighted by Gasteiger charge is 2.23. The fourth-order valence-electron chi connectivity index (χ4n) is 2.83. The van der Waals surface area contributed by atoms with Gasteiger partial charge < -0.3 is 9.88 Å². The van der Waals surface area contributed by atoms with E-state index < -0.39 is 4.92 Å². The molecule has 1 amide bonds. The summed E-state index contributed by atoms with van der Waals surface area (Å²) in [6.45, 7) is 2.71. The number of nitro benzene ring substituents is 1. The van der Waals surface area contributed by atoms with Gasteiger partial charge in [-0.25, -0.2) is 0 Å². The highest BCUT2D eigenvalue weighted by Crippen LogP contribution is 2.39. The number of carbonyl (C=O) groups excluding carboxylic acids is 1. The van der Waals surface area contributed by atoms with Crippen LogP contribution >= 0.6 is 0 Å². The van der Waals surface area contributed by atoms with Gasteiger partial charge >= 0.3 is 5.69 Å². The monoisotopic (exact) mass is 283 g/mol. The van der Waals surface area contributed by atoms with E-state index in [9.17, 15) is 14.9 Å². The second-order valence-electron chi connectivity index (χ2n) is 4.64. The van der Waals surface area contributed by atoms with Gasteiger partial charge in [0.15, 0.2) is 0 Å². The maximum atomic E-state index is 11.5. The predicted octanol–water partition coefficient (Wildman–Crippen LogP) is 3.29. The summed E-state index contributed by atoms with van der Waals surface area (Å²) in [5.74, 6) is 0. The lowest BCUT2D eigenvalue weighted by Crippen LogP contribution is -2.00. The lowest BCUT2D eigenvalue weighted by Gasteiger charge is -2.05. The van der Waals surface area contributed by atoms with Crippen molar-refractivity contribution < 1.29 is 9.72 Å². The van der Waals surface area contributed by atoms with Crippen molar-refractivity contribution in [2.45, 2.75) is 13.5 Å². The van der Waals surface area contributed by atoms with Gasteiger partial charge in [-0.1, -0.05) is 18.2 Å². The molecular formula is C15H13N3O3. The van der Waals surface area contributed by atoms with Gasteiger partial charge in [0, 0.05) is 17.4 Å². The highest BCUT2D eigenvalue weighted by atomic mass is 16.6. The lowest BCUT2D eigenvalue weighted by molar-refractivity contribution is -0.382. The molecule has 0 unspecified atom stereocenters. The summed E-state index contributed by atoms with van der Waals surface area (Å²) in [7, 11) is 0. The molecule has 0 fully saturated rings. The summed E-state index contributed by atoms with van der Waals surface area (Å²) >= 11 is 0. The minimum atomic E-state index is -0.444. The Bertz CT molecular complexity index is 867. The van der Waals surface area contributed by atoms with E-state index in [1.165, 1.54) is 0 Å². The second kappa shape index (κ2) is 4.90. The molecule has 6 heteroatoms. The molecule has 0 saturated heterocycles. The van der Waals surface area contributed by atoms with Crippen LogP contribution < -0.4 is 5.32 Å². The van der Waals surface area contributed by atoms with Gasteiger partial charge in [-0.05, 0) is 25.1 Å². The number of amides is 1. The summed E-state index contributed by atoms with van der Waals surface area (Å²) in [4.78, 5) is 21.7. The first-order chi connectivity index (χ1) is 10.2. The third-order valence-electron chi connectivity index (χ3n) is 3.62. The minimum Gasteiger partial charge on any atom is -0.341 e. The number of nitrogens with zero attached hydrogens (tertiary/aromatic N) is 2. The van der Waals surface area contributed by atoms with Crippen LogP contribution in [0.5, 0.6) is 0 Å². The number of rotatable bonds is 4. The maximum Gasteiger partial charge on any atom is 0.302 e. The molecule has 6 nitrogen and oxygen atoms in total. The van der Waals surface area contributed by atoms with E-state index in [1.54, 1.807) is 12.1 Å². The Hall–Kier alpha value is -2.89. The smallest absolute Gasteiger partial charge is 0.302 e. The molecule has 0 radical (unpaired) electrons. The molecule has 0 saturated carbocycles. The molecule has 2 aromatic carbocycles. The summed E-state index contributed by atoms with van der Waals surface area (Å²) in [6.07, 6.45) is 0.452. The van der Waals surface area contributed by atoms with Crippen molar-refractivity contribution in [1.29, 1.82) is 0 Å². The average molecular weight is 283 g/mol. The molecule has 0 aliphatic carbocycles. The Labute approximate surface area is 120 Å². The molecule has 3 aromatic rings. The van der Waals surface area contributed by atoms with Crippen molar-refractivity contribution in [2.24, 2.45) is 0 Å². The van der Waals surface area contributed by atoms with E-state index >= 15 is 0 Å². The van der Waals surface area contributed by atoms with E-state index in [-0.39, 0.29) is 11.4 Å². The Kier molecular flexibility index (Phi) is 3.06. The molecule has 0 aliphatic rings. The number of anilines is 1. The summed E-state index contributed by atoms with van der Waals surface area (Å²) in [5.41, 5.74) is 1.88. The fraction of sp³-hybridized carbons (Fsp3) is 0.133. The Morgan fingerprint density at radius 3 is 2.67 bits per heavy atom. The van der Waals surface area contributed by atoms with Crippen LogP contribution in [0, 0.1) is 10.1 Å². The Morgan fingerprint density at radius 2 is 2.00 bits per heavy atom. The number of hydrogen-bond acceptors (Lipinski definition) is 3. The van der Waals surface area contributed by atoms with Gasteiger partial charge in [0.25, 0.3) is 0 Å². The molecule has 1 aromatic heterocycles. The zero-order valence-corrected chi connectivity index (χ0v) is 11.4. The van der Waals surface area contributed by atoms with Crippen LogP contribution in [0.15, 0.2) is 36.4 Å². The van der Waals surface area contributed by atoms with Crippen LogP contribution in [0.4, 0.5) is 11.4 Å². The standard InChI is InChI=1S/C15H13N3O3/c1-2-17-12-6-4-3-5-10(12)14-13(17)8-7-11(16-9-19)15(14)18(20)21/h3-9H,2H2,1H3,(H,16,19). The summed E-state index contributed by atoms with van der Waals surface area (Å²) in [5, 5.41) is 15.3. The van der Waals surface area contributed by atoms with E-state index in [0.717, 1.165) is 16.4 Å². The number of fused-ring (bicyclic) bond motifs is 3. The van der Waals surface area contributed by atoms with E-state index in [2.05, 4.69) is 5.32 Å². The first-order valence-corrected chi connectivity index (χ1v) is 6.57. The van der Waals surface area contributed by atoms with Gasteiger partial charge in [0.05, 0.1) is 15.8 Å². The SMILES string of the molecule is CCn1c2ccccc2c2c([N+](=O)[O-])c(NC=O)ccc21. The van der Waals surface area contributed by atoms with Gasteiger partial charge in [0.2, 0.25) is 6.41 Å². The van der Waals surface area contributed by atoms with Crippen molar-refractivity contribution in [3.63, 3.8) is 0 Å². The molecule has 3 rings (SSSR count). The van der Waals surface area contributed by atoms with Crippen LogP contribution in [0.25, 0.3) is 21.8 Å². The number of nitro groups is 1. The maximum absolute atomic E-state index is 11.5. The number of benzene rings is 2. The number of nitrogens with one attached hydrogen (secondary N) is 1. The second-order valence-corrected chi connectivity index (χ2v) is 4.64. The van der Waals surface area contributed by atoms with Gasteiger partial charge in [-0.2, -0.15) is 0 Å². The molecule has 1 heterocycles. The van der Waals surface area contributed by atoms with Crippen molar-refractivity contribution >= 4 is 39.6 Å². The molecule has 0 aliphatic heterocycles. The lowest BCUT2D eigenvalue weighted by atomic mass is 10.1. The predicted molar refractivity (Wildman–Crippen MR) is 81.5 cm³/mol. The normalized spacial score (nSPS) is 10.9. The fourth-order valence-corrected chi connectivity index (χ4v) is 2.83. The van der Waals surface area contributed by atoms with Crippen LogP contribution in [0.1, 0.15) is 6.92 Å². The van der Waals surface area contributed by atoms with Gasteiger partial charge in [-0.15, -0.1) is 0 Å². The largest absolute Gasteiger partial charge is 0.341 e. The average Bonchev–Trinajstić information content (AvgIpc) is 2.81. The molecule has 0 bridgehead atoms. The van der Waals surface area contributed by atoms with Crippen LogP contribution in [-0.4, -0.2) is 15.9 Å². The molecular weight excluding hydrogens is 270 g/mol. The van der Waals surface area contributed by atoms with Crippen LogP contribution in [0.2, 0.25) is 0 Å².